The molecule has 0 amide bonds. The summed E-state index contributed by atoms with van der Waals surface area (Å²) in [6.07, 6.45) is 7.84. The maximum absolute atomic E-state index is 6.62. The number of nitrogens with zero attached hydrogens (tertiary/aromatic N) is 2. The highest BCUT2D eigenvalue weighted by Gasteiger charge is 2.17. The first-order valence-corrected chi connectivity index (χ1v) is 13.8. The standard InChI is InChI=1S/C38H30N2O/c1-4-6-16-26(3)36-29(5-2)31-23-15-24-32(37(31)41-36)30-21-13-14-22-33(30)38-39-34(27-17-9-7-10-18-27)25-35(40-38)28-19-11-8-12-20-28/h4-25H,1H2,2-3H3. The predicted octanol–water partition coefficient (Wildman–Crippen LogP) is 8.60. The normalized spacial score (nSPS) is 12.7. The molecule has 6 aromatic rings. The van der Waals surface area contributed by atoms with Crippen molar-refractivity contribution >= 4 is 22.6 Å². The largest absolute Gasteiger partial charge is 0.455 e. The molecule has 0 aliphatic heterocycles. The molecule has 2 heterocycles. The summed E-state index contributed by atoms with van der Waals surface area (Å²) in [6.45, 7) is 7.91. The van der Waals surface area contributed by atoms with Crippen LogP contribution in [0.4, 0.5) is 0 Å². The minimum Gasteiger partial charge on any atom is -0.455 e. The molecule has 4 aromatic carbocycles. The zero-order valence-electron chi connectivity index (χ0n) is 23.2. The lowest BCUT2D eigenvalue weighted by Crippen LogP contribution is -2.21. The number of hydrogen-bond acceptors (Lipinski definition) is 3. The molecule has 0 spiro atoms. The van der Waals surface area contributed by atoms with Gasteiger partial charge in [-0.05, 0) is 31.1 Å². The van der Waals surface area contributed by atoms with Crippen LogP contribution in [0.25, 0.3) is 67.6 Å². The van der Waals surface area contributed by atoms with Crippen molar-refractivity contribution in [2.75, 3.05) is 0 Å². The second kappa shape index (κ2) is 11.4. The van der Waals surface area contributed by atoms with Crippen LogP contribution in [0, 0.1) is 0 Å². The van der Waals surface area contributed by atoms with E-state index in [1.54, 1.807) is 6.08 Å². The molecule has 0 radical (unpaired) electrons. The van der Waals surface area contributed by atoms with Crippen LogP contribution in [0.2, 0.25) is 0 Å². The number of benzene rings is 4. The van der Waals surface area contributed by atoms with E-state index in [2.05, 4.69) is 86.3 Å². The van der Waals surface area contributed by atoms with Gasteiger partial charge < -0.3 is 4.42 Å². The highest BCUT2D eigenvalue weighted by molar-refractivity contribution is 5.97. The average molecular weight is 531 g/mol. The number of fused-ring (bicyclic) bond motifs is 1. The van der Waals surface area contributed by atoms with Gasteiger partial charge in [-0.3, -0.25) is 0 Å². The van der Waals surface area contributed by atoms with E-state index in [0.717, 1.165) is 66.4 Å². The average Bonchev–Trinajstić information content (AvgIpc) is 3.43. The third-order valence-electron chi connectivity index (χ3n) is 7.21. The highest BCUT2D eigenvalue weighted by Crippen LogP contribution is 2.36. The first kappa shape index (κ1) is 26.0. The minimum atomic E-state index is 0.670. The fraction of sp³-hybridized carbons (Fsp3) is 0.0526. The van der Waals surface area contributed by atoms with E-state index >= 15 is 0 Å². The van der Waals surface area contributed by atoms with Crippen LogP contribution < -0.4 is 10.6 Å². The van der Waals surface area contributed by atoms with Crippen molar-refractivity contribution in [3.05, 3.63) is 145 Å². The fourth-order valence-electron chi connectivity index (χ4n) is 5.21. The van der Waals surface area contributed by atoms with E-state index in [9.17, 15) is 0 Å². The van der Waals surface area contributed by atoms with Gasteiger partial charge in [0, 0.05) is 32.9 Å². The van der Waals surface area contributed by atoms with Crippen molar-refractivity contribution in [3.8, 4) is 45.0 Å². The molecule has 0 fully saturated rings. The van der Waals surface area contributed by atoms with Crippen molar-refractivity contribution < 1.29 is 4.42 Å². The highest BCUT2D eigenvalue weighted by atomic mass is 16.3. The molecule has 41 heavy (non-hydrogen) atoms. The van der Waals surface area contributed by atoms with Gasteiger partial charge in [-0.1, -0.05) is 134 Å². The molecule has 0 saturated heterocycles. The summed E-state index contributed by atoms with van der Waals surface area (Å²) < 4.78 is 6.62. The lowest BCUT2D eigenvalue weighted by molar-refractivity contribution is 0.573. The third kappa shape index (κ3) is 5.06. The van der Waals surface area contributed by atoms with Crippen LogP contribution in [0.5, 0.6) is 0 Å². The lowest BCUT2D eigenvalue weighted by atomic mass is 9.97. The Morgan fingerprint density at radius 1 is 0.707 bits per heavy atom. The molecule has 6 rings (SSSR count). The quantitative estimate of drug-likeness (QED) is 0.202. The Kier molecular flexibility index (Phi) is 7.25. The van der Waals surface area contributed by atoms with Gasteiger partial charge in [-0.2, -0.15) is 0 Å². The molecule has 0 atom stereocenters. The van der Waals surface area contributed by atoms with Crippen LogP contribution in [-0.2, 0) is 0 Å². The Morgan fingerprint density at radius 2 is 1.29 bits per heavy atom. The SMILES string of the molecule is C=CC=CC(C)=c1oc2c(-c3ccccc3-c3nc(-c4ccccc4)cc(-c4ccccc4)n3)cccc2c1=CC. The zero-order valence-corrected chi connectivity index (χ0v) is 23.2. The predicted molar refractivity (Wildman–Crippen MR) is 171 cm³/mol. The number of furan rings is 1. The van der Waals surface area contributed by atoms with E-state index < -0.39 is 0 Å². The summed E-state index contributed by atoms with van der Waals surface area (Å²) in [7, 11) is 0. The summed E-state index contributed by atoms with van der Waals surface area (Å²) in [6, 6.07) is 37.2. The molecule has 2 aromatic heterocycles. The first-order chi connectivity index (χ1) is 20.2. The van der Waals surface area contributed by atoms with Crippen LogP contribution >= 0.6 is 0 Å². The Labute approximate surface area is 240 Å². The van der Waals surface area contributed by atoms with Gasteiger partial charge in [0.15, 0.2) is 5.82 Å². The molecule has 0 saturated carbocycles. The van der Waals surface area contributed by atoms with Crippen molar-refractivity contribution in [3.63, 3.8) is 0 Å². The fourth-order valence-corrected chi connectivity index (χ4v) is 5.21. The molecule has 3 nitrogen and oxygen atoms in total. The summed E-state index contributed by atoms with van der Waals surface area (Å²) in [5, 5.41) is 2.16. The molecular weight excluding hydrogens is 500 g/mol. The monoisotopic (exact) mass is 530 g/mol. The second-order valence-corrected chi connectivity index (χ2v) is 9.83. The van der Waals surface area contributed by atoms with Crippen molar-refractivity contribution in [1.82, 2.24) is 9.97 Å². The Balaban J connectivity index is 1.61. The van der Waals surface area contributed by atoms with Gasteiger partial charge in [0.25, 0.3) is 0 Å². The summed E-state index contributed by atoms with van der Waals surface area (Å²) in [5.74, 6) is 0.670. The molecular formula is C38H30N2O. The second-order valence-electron chi connectivity index (χ2n) is 9.83. The van der Waals surface area contributed by atoms with E-state index in [-0.39, 0.29) is 0 Å². The molecule has 0 aliphatic rings. The number of rotatable bonds is 6. The number of allylic oxidation sites excluding steroid dienone is 3. The zero-order chi connectivity index (χ0) is 28.2. The van der Waals surface area contributed by atoms with Gasteiger partial charge in [0.05, 0.1) is 11.4 Å². The van der Waals surface area contributed by atoms with Crippen LogP contribution in [0.1, 0.15) is 13.8 Å². The summed E-state index contributed by atoms with van der Waals surface area (Å²) in [5.41, 5.74) is 9.57. The Hall–Kier alpha value is -5.28. The smallest absolute Gasteiger partial charge is 0.161 e. The van der Waals surface area contributed by atoms with Crippen LogP contribution in [0.15, 0.2) is 138 Å². The molecule has 0 aliphatic carbocycles. The van der Waals surface area contributed by atoms with Crippen molar-refractivity contribution in [1.29, 1.82) is 0 Å². The lowest BCUT2D eigenvalue weighted by Gasteiger charge is -2.13. The Bertz CT molecular complexity index is 1960. The van der Waals surface area contributed by atoms with Gasteiger partial charge >= 0.3 is 0 Å². The minimum absolute atomic E-state index is 0.670. The van der Waals surface area contributed by atoms with E-state index in [1.165, 1.54) is 0 Å². The van der Waals surface area contributed by atoms with E-state index in [4.69, 9.17) is 14.4 Å². The summed E-state index contributed by atoms with van der Waals surface area (Å²) in [4.78, 5) is 10.2. The maximum Gasteiger partial charge on any atom is 0.161 e. The molecule has 3 heteroatoms. The van der Waals surface area contributed by atoms with Crippen LogP contribution in [0.3, 0.4) is 0 Å². The number of para-hydroxylation sites is 1. The van der Waals surface area contributed by atoms with E-state index in [1.807, 2.05) is 61.5 Å². The first-order valence-electron chi connectivity index (χ1n) is 13.8. The van der Waals surface area contributed by atoms with Gasteiger partial charge in [0.1, 0.15) is 11.0 Å². The number of aromatic nitrogens is 2. The topological polar surface area (TPSA) is 38.9 Å². The number of hydrogen-bond donors (Lipinski definition) is 0. The van der Waals surface area contributed by atoms with Gasteiger partial charge in [0.2, 0.25) is 0 Å². The van der Waals surface area contributed by atoms with Crippen molar-refractivity contribution in [2.45, 2.75) is 13.8 Å². The molecule has 0 bridgehead atoms. The Morgan fingerprint density at radius 3 is 1.90 bits per heavy atom. The van der Waals surface area contributed by atoms with Gasteiger partial charge in [-0.15, -0.1) is 0 Å². The summed E-state index contributed by atoms with van der Waals surface area (Å²) >= 11 is 0. The maximum atomic E-state index is 6.62. The molecule has 198 valence electrons. The third-order valence-corrected chi connectivity index (χ3v) is 7.21. The molecule has 0 unspecified atom stereocenters. The molecule has 0 N–H and O–H groups in total. The van der Waals surface area contributed by atoms with Crippen LogP contribution in [-0.4, -0.2) is 9.97 Å². The van der Waals surface area contributed by atoms with Crippen molar-refractivity contribution in [2.24, 2.45) is 0 Å². The van der Waals surface area contributed by atoms with Gasteiger partial charge in [-0.25, -0.2) is 9.97 Å². The van der Waals surface area contributed by atoms with E-state index in [0.29, 0.717) is 5.82 Å².